The molecule has 0 aliphatic heterocycles. The van der Waals surface area contributed by atoms with Crippen LogP contribution in [0.15, 0.2) is 35.5 Å². The van der Waals surface area contributed by atoms with Crippen molar-refractivity contribution in [2.75, 3.05) is 7.11 Å². The standard InChI is InChI=1S/C15H13ClFNO3/c1-8(18-20)10-4-5-11(14(16)15(10)19)9-3-6-13(21-2)12(17)7-9/h3-7,19-20H,1-2H3/b18-8+. The van der Waals surface area contributed by atoms with Crippen LogP contribution in [0.2, 0.25) is 5.02 Å². The maximum atomic E-state index is 13.7. The molecule has 21 heavy (non-hydrogen) atoms. The van der Waals surface area contributed by atoms with Gasteiger partial charge >= 0.3 is 0 Å². The van der Waals surface area contributed by atoms with E-state index in [1.54, 1.807) is 18.2 Å². The van der Waals surface area contributed by atoms with Crippen molar-refractivity contribution in [3.63, 3.8) is 0 Å². The molecule has 0 spiro atoms. The number of phenolic OH excluding ortho intramolecular Hbond substituents is 1. The lowest BCUT2D eigenvalue weighted by atomic mass is 10.0. The Hall–Kier alpha value is -2.27. The molecule has 0 saturated carbocycles. The summed E-state index contributed by atoms with van der Waals surface area (Å²) < 4.78 is 18.6. The van der Waals surface area contributed by atoms with E-state index in [-0.39, 0.29) is 22.2 Å². The lowest BCUT2D eigenvalue weighted by Gasteiger charge is -2.11. The van der Waals surface area contributed by atoms with E-state index < -0.39 is 5.82 Å². The van der Waals surface area contributed by atoms with Crippen LogP contribution in [0.25, 0.3) is 11.1 Å². The molecule has 4 nitrogen and oxygen atoms in total. The minimum Gasteiger partial charge on any atom is -0.506 e. The van der Waals surface area contributed by atoms with Gasteiger partial charge in [0.05, 0.1) is 17.8 Å². The van der Waals surface area contributed by atoms with E-state index in [0.29, 0.717) is 16.7 Å². The molecule has 2 N–H and O–H groups in total. The van der Waals surface area contributed by atoms with Gasteiger partial charge in [-0.2, -0.15) is 0 Å². The van der Waals surface area contributed by atoms with Crippen molar-refractivity contribution in [2.24, 2.45) is 5.16 Å². The van der Waals surface area contributed by atoms with Crippen molar-refractivity contribution in [3.8, 4) is 22.6 Å². The summed E-state index contributed by atoms with van der Waals surface area (Å²) in [5.41, 5.74) is 1.49. The van der Waals surface area contributed by atoms with E-state index in [1.807, 2.05) is 0 Å². The maximum Gasteiger partial charge on any atom is 0.165 e. The zero-order chi connectivity index (χ0) is 15.6. The molecular weight excluding hydrogens is 297 g/mol. The minimum absolute atomic E-state index is 0.0556. The molecule has 0 aliphatic rings. The third-order valence-electron chi connectivity index (χ3n) is 3.12. The number of halogens is 2. The Morgan fingerprint density at radius 1 is 1.29 bits per heavy atom. The van der Waals surface area contributed by atoms with Crippen LogP contribution in [0.5, 0.6) is 11.5 Å². The van der Waals surface area contributed by atoms with Gasteiger partial charge in [0.1, 0.15) is 5.75 Å². The molecule has 2 aromatic carbocycles. The molecule has 6 heteroatoms. The quantitative estimate of drug-likeness (QED) is 0.510. The number of phenols is 1. The molecule has 0 fully saturated rings. The first-order valence-corrected chi connectivity index (χ1v) is 6.41. The zero-order valence-electron chi connectivity index (χ0n) is 11.4. The topological polar surface area (TPSA) is 62.0 Å². The van der Waals surface area contributed by atoms with Gasteiger partial charge in [-0.15, -0.1) is 0 Å². The van der Waals surface area contributed by atoms with Gasteiger partial charge in [-0.05, 0) is 30.7 Å². The zero-order valence-corrected chi connectivity index (χ0v) is 12.1. The first kappa shape index (κ1) is 15.1. The summed E-state index contributed by atoms with van der Waals surface area (Å²) in [6.07, 6.45) is 0. The van der Waals surface area contributed by atoms with E-state index in [2.05, 4.69) is 5.16 Å². The maximum absolute atomic E-state index is 13.7. The lowest BCUT2D eigenvalue weighted by molar-refractivity contribution is 0.318. The van der Waals surface area contributed by atoms with E-state index >= 15 is 0 Å². The summed E-state index contributed by atoms with van der Waals surface area (Å²) in [7, 11) is 1.38. The van der Waals surface area contributed by atoms with E-state index in [9.17, 15) is 9.50 Å². The summed E-state index contributed by atoms with van der Waals surface area (Å²) in [5, 5.41) is 21.9. The fourth-order valence-electron chi connectivity index (χ4n) is 1.97. The highest BCUT2D eigenvalue weighted by molar-refractivity contribution is 6.35. The Morgan fingerprint density at radius 2 is 2.00 bits per heavy atom. The number of oxime groups is 1. The third kappa shape index (κ3) is 2.78. The summed E-state index contributed by atoms with van der Waals surface area (Å²) in [6, 6.07) is 7.55. The van der Waals surface area contributed by atoms with E-state index in [0.717, 1.165) is 0 Å². The summed E-state index contributed by atoms with van der Waals surface area (Å²) in [6.45, 7) is 1.53. The first-order chi connectivity index (χ1) is 9.99. The fourth-order valence-corrected chi connectivity index (χ4v) is 2.24. The highest BCUT2D eigenvalue weighted by atomic mass is 35.5. The molecule has 2 aromatic rings. The number of methoxy groups -OCH3 is 1. The molecular formula is C15H13ClFNO3. The van der Waals surface area contributed by atoms with Crippen LogP contribution in [0.1, 0.15) is 12.5 Å². The van der Waals surface area contributed by atoms with E-state index in [1.165, 1.54) is 26.2 Å². The number of hydrogen-bond donors (Lipinski definition) is 2. The van der Waals surface area contributed by atoms with Crippen molar-refractivity contribution < 1.29 is 19.4 Å². The molecule has 2 rings (SSSR count). The van der Waals surface area contributed by atoms with Gasteiger partial charge in [0.15, 0.2) is 11.6 Å². The van der Waals surface area contributed by atoms with E-state index in [4.69, 9.17) is 21.5 Å². The molecule has 0 radical (unpaired) electrons. The number of rotatable bonds is 3. The van der Waals surface area contributed by atoms with Gasteiger partial charge in [-0.25, -0.2) is 4.39 Å². The van der Waals surface area contributed by atoms with Gasteiger partial charge < -0.3 is 15.1 Å². The second-order valence-corrected chi connectivity index (χ2v) is 4.74. The smallest absolute Gasteiger partial charge is 0.165 e. The van der Waals surface area contributed by atoms with Crippen molar-refractivity contribution in [2.45, 2.75) is 6.92 Å². The largest absolute Gasteiger partial charge is 0.506 e. The third-order valence-corrected chi connectivity index (χ3v) is 3.50. The monoisotopic (exact) mass is 309 g/mol. The first-order valence-electron chi connectivity index (χ1n) is 6.04. The molecule has 0 bridgehead atoms. The molecule has 0 atom stereocenters. The minimum atomic E-state index is -0.525. The highest BCUT2D eigenvalue weighted by Crippen LogP contribution is 2.38. The van der Waals surface area contributed by atoms with Crippen molar-refractivity contribution in [3.05, 3.63) is 46.7 Å². The van der Waals surface area contributed by atoms with Gasteiger partial charge in [0.2, 0.25) is 0 Å². The second kappa shape index (κ2) is 6.01. The molecule has 110 valence electrons. The molecule has 0 aromatic heterocycles. The Labute approximate surface area is 126 Å². The lowest BCUT2D eigenvalue weighted by Crippen LogP contribution is -1.96. The van der Waals surface area contributed by atoms with Crippen LogP contribution < -0.4 is 4.74 Å². The Kier molecular flexibility index (Phi) is 4.33. The Morgan fingerprint density at radius 3 is 2.57 bits per heavy atom. The molecule has 0 unspecified atom stereocenters. The fraction of sp³-hybridized carbons (Fsp3) is 0.133. The van der Waals surface area contributed by atoms with Crippen LogP contribution in [0.4, 0.5) is 4.39 Å². The van der Waals surface area contributed by atoms with Gasteiger partial charge in [0.25, 0.3) is 0 Å². The van der Waals surface area contributed by atoms with Crippen molar-refractivity contribution in [1.29, 1.82) is 0 Å². The molecule has 0 saturated heterocycles. The number of hydrogen-bond acceptors (Lipinski definition) is 4. The average Bonchev–Trinajstić information content (AvgIpc) is 2.49. The average molecular weight is 310 g/mol. The molecule has 0 amide bonds. The Balaban J connectivity index is 2.56. The van der Waals surface area contributed by atoms with Crippen LogP contribution in [-0.4, -0.2) is 23.1 Å². The van der Waals surface area contributed by atoms with Gasteiger partial charge in [0, 0.05) is 11.1 Å². The Bertz CT molecular complexity index is 716. The molecule has 0 heterocycles. The van der Waals surface area contributed by atoms with Crippen LogP contribution >= 0.6 is 11.6 Å². The number of aromatic hydroxyl groups is 1. The highest BCUT2D eigenvalue weighted by Gasteiger charge is 2.15. The molecule has 0 aliphatic carbocycles. The van der Waals surface area contributed by atoms with Crippen molar-refractivity contribution >= 4 is 17.3 Å². The second-order valence-electron chi connectivity index (χ2n) is 4.36. The van der Waals surface area contributed by atoms with Crippen LogP contribution in [0, 0.1) is 5.82 Å². The summed E-state index contributed by atoms with van der Waals surface area (Å²) in [5.74, 6) is -0.623. The van der Waals surface area contributed by atoms with Crippen LogP contribution in [0.3, 0.4) is 0 Å². The SMILES string of the molecule is COc1ccc(-c2ccc(/C(C)=N/O)c(O)c2Cl)cc1F. The number of ether oxygens (including phenoxy) is 1. The van der Waals surface area contributed by atoms with Crippen molar-refractivity contribution in [1.82, 2.24) is 0 Å². The predicted molar refractivity (Wildman–Crippen MR) is 79.1 cm³/mol. The summed E-state index contributed by atoms with van der Waals surface area (Å²) in [4.78, 5) is 0. The van der Waals surface area contributed by atoms with Gasteiger partial charge in [-0.1, -0.05) is 28.9 Å². The summed E-state index contributed by atoms with van der Waals surface area (Å²) >= 11 is 6.12. The number of benzene rings is 2. The normalized spacial score (nSPS) is 11.5. The predicted octanol–water partition coefficient (Wildman–Crippen LogP) is 4.06. The van der Waals surface area contributed by atoms with Crippen LogP contribution in [-0.2, 0) is 0 Å². The number of nitrogens with zero attached hydrogens (tertiary/aromatic N) is 1. The van der Waals surface area contributed by atoms with Gasteiger partial charge in [-0.3, -0.25) is 0 Å².